The van der Waals surface area contributed by atoms with Gasteiger partial charge in [0.25, 0.3) is 0 Å². The summed E-state index contributed by atoms with van der Waals surface area (Å²) in [6.07, 6.45) is 0.966. The van der Waals surface area contributed by atoms with Crippen molar-refractivity contribution in [1.29, 1.82) is 0 Å². The van der Waals surface area contributed by atoms with Crippen LogP contribution in [-0.2, 0) is 22.6 Å². The number of nitrogens with zero attached hydrogens (tertiary/aromatic N) is 5. The van der Waals surface area contributed by atoms with E-state index in [0.717, 1.165) is 18.6 Å². The van der Waals surface area contributed by atoms with E-state index in [-0.39, 0.29) is 28.8 Å². The number of pyridine rings is 1. The third kappa shape index (κ3) is 4.42. The Labute approximate surface area is 156 Å². The van der Waals surface area contributed by atoms with Gasteiger partial charge in [-0.2, -0.15) is 13.2 Å². The van der Waals surface area contributed by atoms with Crippen LogP contribution in [0.5, 0.6) is 0 Å². The van der Waals surface area contributed by atoms with Crippen molar-refractivity contribution in [3.8, 4) is 11.4 Å². The lowest BCUT2D eigenvalue weighted by Crippen LogP contribution is -2.06. The topological polar surface area (TPSA) is 90.6 Å². The Morgan fingerprint density at radius 3 is 2.30 bits per heavy atom. The van der Waals surface area contributed by atoms with Crippen molar-refractivity contribution >= 4 is 21.4 Å². The van der Waals surface area contributed by atoms with Crippen LogP contribution in [0.2, 0.25) is 5.02 Å². The summed E-state index contributed by atoms with van der Waals surface area (Å²) in [7, 11) is -3.53. The smallest absolute Gasteiger partial charge is 0.323 e. The highest BCUT2D eigenvalue weighted by molar-refractivity contribution is 7.90. The zero-order valence-corrected chi connectivity index (χ0v) is 15.2. The average molecular weight is 418 g/mol. The predicted octanol–water partition coefficient (Wildman–Crippen LogP) is 2.86. The highest BCUT2D eigenvalue weighted by atomic mass is 35.5. The van der Waals surface area contributed by atoms with Crippen LogP contribution < -0.4 is 0 Å². The van der Waals surface area contributed by atoms with Crippen LogP contribution in [0.3, 0.4) is 0 Å². The fraction of sp³-hybridized carbons (Fsp3) is 0.200. The second-order valence-electron chi connectivity index (χ2n) is 5.55. The number of imidazole rings is 1. The first-order chi connectivity index (χ1) is 12.5. The maximum Gasteiger partial charge on any atom is 0.434 e. The van der Waals surface area contributed by atoms with Crippen LogP contribution in [0.25, 0.3) is 11.4 Å². The fourth-order valence-corrected chi connectivity index (χ4v) is 2.87. The maximum absolute atomic E-state index is 13.1. The standard InChI is InChI=1S/C15H11ClF3N5O2S/c1-27(25,26)13-3-2-9(4-22-13)14-23-11(15(17,18)19)7-24(14)8-12-20-5-10(16)6-21-12/h2-7H,8H2,1H3. The molecule has 0 fully saturated rings. The van der Waals surface area contributed by atoms with Crippen molar-refractivity contribution < 1.29 is 21.6 Å². The minimum absolute atomic E-state index is 0.0478. The Bertz CT molecular complexity index is 1060. The van der Waals surface area contributed by atoms with Crippen molar-refractivity contribution in [3.05, 3.63) is 53.5 Å². The first-order valence-corrected chi connectivity index (χ1v) is 9.58. The van der Waals surface area contributed by atoms with E-state index in [1.54, 1.807) is 0 Å². The number of aromatic nitrogens is 5. The monoisotopic (exact) mass is 417 g/mol. The molecule has 0 unspecified atom stereocenters. The molecule has 27 heavy (non-hydrogen) atoms. The Balaban J connectivity index is 2.05. The molecule has 0 aliphatic carbocycles. The molecule has 0 N–H and O–H groups in total. The summed E-state index contributed by atoms with van der Waals surface area (Å²) in [5.41, 5.74) is -0.884. The molecule has 12 heteroatoms. The number of rotatable bonds is 4. The number of hydrogen-bond donors (Lipinski definition) is 0. The van der Waals surface area contributed by atoms with Crippen LogP contribution in [0, 0.1) is 0 Å². The van der Waals surface area contributed by atoms with Gasteiger partial charge in [-0.15, -0.1) is 0 Å². The van der Waals surface area contributed by atoms with Crippen LogP contribution in [0.4, 0.5) is 13.2 Å². The van der Waals surface area contributed by atoms with E-state index < -0.39 is 21.7 Å². The second-order valence-corrected chi connectivity index (χ2v) is 7.95. The minimum atomic E-state index is -4.65. The normalized spacial score (nSPS) is 12.3. The summed E-state index contributed by atoms with van der Waals surface area (Å²) < 4.78 is 63.5. The van der Waals surface area contributed by atoms with Crippen molar-refractivity contribution in [1.82, 2.24) is 24.5 Å². The number of halogens is 4. The summed E-state index contributed by atoms with van der Waals surface area (Å²) in [5.74, 6) is 0.181. The van der Waals surface area contributed by atoms with E-state index in [1.165, 1.54) is 29.1 Å². The first-order valence-electron chi connectivity index (χ1n) is 7.31. The fourth-order valence-electron chi connectivity index (χ4n) is 2.21. The molecule has 3 aromatic rings. The van der Waals surface area contributed by atoms with Gasteiger partial charge in [-0.05, 0) is 12.1 Å². The largest absolute Gasteiger partial charge is 0.434 e. The lowest BCUT2D eigenvalue weighted by Gasteiger charge is -2.07. The molecular formula is C15H11ClF3N5O2S. The molecule has 0 atom stereocenters. The zero-order chi connectivity index (χ0) is 19.8. The van der Waals surface area contributed by atoms with Gasteiger partial charge in [0.05, 0.1) is 11.6 Å². The van der Waals surface area contributed by atoms with E-state index in [1.807, 2.05) is 0 Å². The maximum atomic E-state index is 13.1. The molecule has 0 aromatic carbocycles. The second kappa shape index (κ2) is 6.89. The highest BCUT2D eigenvalue weighted by Gasteiger charge is 2.35. The van der Waals surface area contributed by atoms with Gasteiger partial charge in [-0.3, -0.25) is 0 Å². The van der Waals surface area contributed by atoms with E-state index >= 15 is 0 Å². The Kier molecular flexibility index (Phi) is 4.91. The summed E-state index contributed by atoms with van der Waals surface area (Å²) in [5, 5.41) is 0.0996. The zero-order valence-electron chi connectivity index (χ0n) is 13.6. The molecule has 0 saturated carbocycles. The van der Waals surface area contributed by atoms with E-state index in [9.17, 15) is 21.6 Å². The average Bonchev–Trinajstić information content (AvgIpc) is 3.00. The first kappa shape index (κ1) is 19.2. The SMILES string of the molecule is CS(=O)(=O)c1ccc(-c2nc(C(F)(F)F)cn2Cc2ncc(Cl)cn2)cn1. The van der Waals surface area contributed by atoms with Crippen LogP contribution in [0.1, 0.15) is 11.5 Å². The van der Waals surface area contributed by atoms with Gasteiger partial charge in [0.2, 0.25) is 0 Å². The van der Waals surface area contributed by atoms with Gasteiger partial charge in [-0.1, -0.05) is 11.6 Å². The molecule has 0 aliphatic heterocycles. The third-order valence-corrected chi connectivity index (χ3v) is 4.62. The van der Waals surface area contributed by atoms with Crippen LogP contribution in [-0.4, -0.2) is 39.2 Å². The number of sulfone groups is 1. The molecule has 7 nitrogen and oxygen atoms in total. The highest BCUT2D eigenvalue weighted by Crippen LogP contribution is 2.31. The molecule has 0 spiro atoms. The van der Waals surface area contributed by atoms with E-state index in [2.05, 4.69) is 19.9 Å². The molecular weight excluding hydrogens is 407 g/mol. The predicted molar refractivity (Wildman–Crippen MR) is 89.7 cm³/mol. The minimum Gasteiger partial charge on any atom is -0.323 e. The lowest BCUT2D eigenvalue weighted by molar-refractivity contribution is -0.140. The van der Waals surface area contributed by atoms with Gasteiger partial charge in [0, 0.05) is 36.6 Å². The molecule has 3 aromatic heterocycles. The van der Waals surface area contributed by atoms with Crippen LogP contribution >= 0.6 is 11.6 Å². The van der Waals surface area contributed by atoms with Gasteiger partial charge in [0.15, 0.2) is 20.6 Å². The Morgan fingerprint density at radius 1 is 1.11 bits per heavy atom. The molecule has 142 valence electrons. The lowest BCUT2D eigenvalue weighted by atomic mass is 10.2. The van der Waals surface area contributed by atoms with Crippen molar-refractivity contribution in [2.75, 3.05) is 6.26 Å². The van der Waals surface area contributed by atoms with E-state index in [4.69, 9.17) is 11.6 Å². The molecule has 0 bridgehead atoms. The Hall–Kier alpha value is -2.53. The summed E-state index contributed by atoms with van der Waals surface area (Å²) in [4.78, 5) is 15.3. The molecule has 0 radical (unpaired) electrons. The van der Waals surface area contributed by atoms with Crippen molar-refractivity contribution in [2.24, 2.45) is 0 Å². The summed E-state index contributed by atoms with van der Waals surface area (Å²) >= 11 is 5.71. The van der Waals surface area contributed by atoms with Gasteiger partial charge in [-0.25, -0.2) is 28.4 Å². The molecule has 3 heterocycles. The summed E-state index contributed by atoms with van der Waals surface area (Å²) in [6, 6.07) is 2.54. The quantitative estimate of drug-likeness (QED) is 0.648. The van der Waals surface area contributed by atoms with Gasteiger partial charge < -0.3 is 4.57 Å². The van der Waals surface area contributed by atoms with E-state index in [0.29, 0.717) is 5.02 Å². The Morgan fingerprint density at radius 2 is 1.78 bits per heavy atom. The summed E-state index contributed by atoms with van der Waals surface area (Å²) in [6.45, 7) is -0.0938. The van der Waals surface area contributed by atoms with Gasteiger partial charge >= 0.3 is 6.18 Å². The van der Waals surface area contributed by atoms with Crippen LogP contribution in [0.15, 0.2) is 41.9 Å². The molecule has 0 aliphatic rings. The van der Waals surface area contributed by atoms with Gasteiger partial charge in [0.1, 0.15) is 11.6 Å². The number of hydrogen-bond acceptors (Lipinski definition) is 6. The van der Waals surface area contributed by atoms with Crippen molar-refractivity contribution in [3.63, 3.8) is 0 Å². The third-order valence-electron chi connectivity index (χ3n) is 3.43. The molecule has 0 amide bonds. The molecule has 3 rings (SSSR count). The van der Waals surface area contributed by atoms with Crippen molar-refractivity contribution in [2.45, 2.75) is 17.7 Å². The molecule has 0 saturated heterocycles. The number of alkyl halides is 3.